The van der Waals surface area contributed by atoms with Crippen LogP contribution < -0.4 is 0 Å². The molecular weight excluding hydrogens is 404 g/mol. The number of oxime groups is 1. The minimum atomic E-state index is 0.460. The van der Waals surface area contributed by atoms with Crippen molar-refractivity contribution in [2.45, 2.75) is 32.8 Å². The lowest BCUT2D eigenvalue weighted by Crippen LogP contribution is -2.15. The van der Waals surface area contributed by atoms with Gasteiger partial charge in [0.25, 0.3) is 0 Å². The van der Waals surface area contributed by atoms with Gasteiger partial charge in [0.1, 0.15) is 17.3 Å². The summed E-state index contributed by atoms with van der Waals surface area (Å²) in [6.45, 7) is 2.49. The number of hydrogen-bond donors (Lipinski definition) is 0. The first kappa shape index (κ1) is 19.6. The van der Waals surface area contributed by atoms with Crippen molar-refractivity contribution in [3.63, 3.8) is 0 Å². The van der Waals surface area contributed by atoms with Crippen molar-refractivity contribution in [1.82, 2.24) is 15.0 Å². The molecule has 0 saturated heterocycles. The maximum Gasteiger partial charge on any atom is 0.142 e. The van der Waals surface area contributed by atoms with E-state index in [-0.39, 0.29) is 0 Å². The van der Waals surface area contributed by atoms with Crippen LogP contribution in [0.2, 0.25) is 0 Å². The number of nitrogens with zero attached hydrogens (tertiary/aromatic N) is 4. The van der Waals surface area contributed by atoms with Crippen LogP contribution in [0.3, 0.4) is 0 Å². The Bertz CT molecular complexity index is 1220. The second-order valence-corrected chi connectivity index (χ2v) is 8.53. The molecular formula is C25H22N4OS. The molecule has 5 rings (SSSR count). The third-order valence-corrected chi connectivity index (χ3v) is 6.53. The molecule has 0 spiro atoms. The first-order chi connectivity index (χ1) is 15.3. The summed E-state index contributed by atoms with van der Waals surface area (Å²) in [5.74, 6) is 0. The van der Waals surface area contributed by atoms with Crippen molar-refractivity contribution >= 4 is 17.0 Å². The van der Waals surface area contributed by atoms with Gasteiger partial charge < -0.3 is 4.84 Å². The molecule has 0 radical (unpaired) electrons. The Morgan fingerprint density at radius 1 is 1.00 bits per heavy atom. The van der Waals surface area contributed by atoms with Gasteiger partial charge in [-0.2, -0.15) is 0 Å². The Morgan fingerprint density at radius 2 is 1.90 bits per heavy atom. The SMILES string of the molecule is Cc1nc(-c2cccnc2)sc1-c1ccc2c(n1)/C(=N/OCc1ccccc1)CCC2. The van der Waals surface area contributed by atoms with Crippen molar-refractivity contribution < 1.29 is 4.84 Å². The first-order valence-electron chi connectivity index (χ1n) is 10.4. The normalized spacial score (nSPS) is 14.4. The van der Waals surface area contributed by atoms with E-state index in [9.17, 15) is 0 Å². The summed E-state index contributed by atoms with van der Waals surface area (Å²) in [7, 11) is 0. The number of aromatic nitrogens is 3. The van der Waals surface area contributed by atoms with Gasteiger partial charge >= 0.3 is 0 Å². The molecule has 0 amide bonds. The average molecular weight is 427 g/mol. The molecule has 3 aromatic heterocycles. The molecule has 0 fully saturated rings. The lowest BCUT2D eigenvalue weighted by Gasteiger charge is -2.17. The Labute approximate surface area is 185 Å². The molecule has 3 heterocycles. The first-order valence-corrected chi connectivity index (χ1v) is 11.2. The molecule has 6 heteroatoms. The van der Waals surface area contributed by atoms with Crippen LogP contribution in [-0.2, 0) is 17.9 Å². The third kappa shape index (κ3) is 4.25. The maximum atomic E-state index is 5.68. The summed E-state index contributed by atoms with van der Waals surface area (Å²) in [6.07, 6.45) is 6.57. The van der Waals surface area contributed by atoms with Gasteiger partial charge in [-0.1, -0.05) is 41.6 Å². The van der Waals surface area contributed by atoms with E-state index in [1.807, 2.05) is 55.6 Å². The van der Waals surface area contributed by atoms with E-state index < -0.39 is 0 Å². The molecule has 1 aromatic carbocycles. The van der Waals surface area contributed by atoms with Crippen molar-refractivity contribution in [3.05, 3.63) is 89.5 Å². The number of hydrogen-bond acceptors (Lipinski definition) is 6. The van der Waals surface area contributed by atoms with Crippen LogP contribution in [-0.4, -0.2) is 20.7 Å². The minimum absolute atomic E-state index is 0.460. The highest BCUT2D eigenvalue weighted by Gasteiger charge is 2.20. The predicted octanol–water partition coefficient (Wildman–Crippen LogP) is 5.83. The fourth-order valence-electron chi connectivity index (χ4n) is 3.73. The van der Waals surface area contributed by atoms with E-state index in [2.05, 4.69) is 22.3 Å². The number of fused-ring (bicyclic) bond motifs is 1. The van der Waals surface area contributed by atoms with Crippen LogP contribution in [0.25, 0.3) is 21.1 Å². The predicted molar refractivity (Wildman–Crippen MR) is 124 cm³/mol. The van der Waals surface area contributed by atoms with Gasteiger partial charge in [-0.05, 0) is 55.5 Å². The summed E-state index contributed by atoms with van der Waals surface area (Å²) < 4.78 is 0. The van der Waals surface area contributed by atoms with Crippen molar-refractivity contribution in [2.75, 3.05) is 0 Å². The third-order valence-electron chi connectivity index (χ3n) is 5.30. The molecule has 0 atom stereocenters. The van der Waals surface area contributed by atoms with Crippen LogP contribution in [0, 0.1) is 6.92 Å². The van der Waals surface area contributed by atoms with Crippen molar-refractivity contribution in [2.24, 2.45) is 5.16 Å². The highest BCUT2D eigenvalue weighted by atomic mass is 32.1. The van der Waals surface area contributed by atoms with E-state index in [1.54, 1.807) is 17.5 Å². The molecule has 0 aliphatic heterocycles. The van der Waals surface area contributed by atoms with Gasteiger partial charge in [0.05, 0.1) is 22.0 Å². The van der Waals surface area contributed by atoms with Crippen LogP contribution >= 0.6 is 11.3 Å². The van der Waals surface area contributed by atoms with Gasteiger partial charge in [0.2, 0.25) is 0 Å². The van der Waals surface area contributed by atoms with E-state index in [1.165, 1.54) is 5.56 Å². The summed E-state index contributed by atoms with van der Waals surface area (Å²) in [5.41, 5.74) is 7.14. The summed E-state index contributed by atoms with van der Waals surface area (Å²) in [5, 5.41) is 5.42. The van der Waals surface area contributed by atoms with Crippen molar-refractivity contribution in [1.29, 1.82) is 0 Å². The van der Waals surface area contributed by atoms with E-state index in [0.29, 0.717) is 6.61 Å². The maximum absolute atomic E-state index is 5.68. The fourth-order valence-corrected chi connectivity index (χ4v) is 4.75. The van der Waals surface area contributed by atoms with Crippen LogP contribution in [0.5, 0.6) is 0 Å². The molecule has 1 aliphatic carbocycles. The molecule has 1 aliphatic rings. The number of thiazole rings is 1. The van der Waals surface area contributed by atoms with Crippen LogP contribution in [0.15, 0.2) is 72.1 Å². The van der Waals surface area contributed by atoms with Crippen LogP contribution in [0.1, 0.15) is 35.4 Å². The average Bonchev–Trinajstić information content (AvgIpc) is 3.22. The number of rotatable bonds is 5. The number of aryl methyl sites for hydroxylation is 2. The van der Waals surface area contributed by atoms with Gasteiger partial charge in [0, 0.05) is 18.0 Å². The fraction of sp³-hybridized carbons (Fsp3) is 0.200. The number of pyridine rings is 2. The molecule has 0 saturated carbocycles. The van der Waals surface area contributed by atoms with Crippen LogP contribution in [0.4, 0.5) is 0 Å². The Balaban J connectivity index is 1.43. The largest absolute Gasteiger partial charge is 0.391 e. The van der Waals surface area contributed by atoms with Gasteiger partial charge in [-0.15, -0.1) is 11.3 Å². The highest BCUT2D eigenvalue weighted by Crippen LogP contribution is 2.35. The lowest BCUT2D eigenvalue weighted by atomic mass is 9.94. The standard InChI is InChI=1S/C25H22N4OS/c1-17-24(31-25(27-17)20-10-6-14-26-15-20)22-13-12-19-9-5-11-21(23(19)28-22)29-30-16-18-7-3-2-4-8-18/h2-4,6-8,10,12-15H,5,9,11,16H2,1H3/b29-21+. The van der Waals surface area contributed by atoms with Crippen molar-refractivity contribution in [3.8, 4) is 21.1 Å². The molecule has 0 bridgehead atoms. The molecule has 31 heavy (non-hydrogen) atoms. The summed E-state index contributed by atoms with van der Waals surface area (Å²) in [4.78, 5) is 20.7. The molecule has 0 unspecified atom stereocenters. The Morgan fingerprint density at radius 3 is 2.74 bits per heavy atom. The Hall–Kier alpha value is -3.38. The van der Waals surface area contributed by atoms with Gasteiger partial charge in [-0.3, -0.25) is 4.98 Å². The monoisotopic (exact) mass is 426 g/mol. The Kier molecular flexibility index (Phi) is 5.54. The lowest BCUT2D eigenvalue weighted by molar-refractivity contribution is 0.130. The van der Waals surface area contributed by atoms with Gasteiger partial charge in [0.15, 0.2) is 0 Å². The topological polar surface area (TPSA) is 60.3 Å². The minimum Gasteiger partial charge on any atom is -0.391 e. The summed E-state index contributed by atoms with van der Waals surface area (Å²) >= 11 is 1.65. The molecule has 0 N–H and O–H groups in total. The quantitative estimate of drug-likeness (QED) is 0.377. The second-order valence-electron chi connectivity index (χ2n) is 7.53. The number of benzene rings is 1. The van der Waals surface area contributed by atoms with E-state index in [0.717, 1.165) is 63.1 Å². The molecule has 5 nitrogen and oxygen atoms in total. The molecule has 154 valence electrons. The van der Waals surface area contributed by atoms with E-state index in [4.69, 9.17) is 14.8 Å². The zero-order valence-electron chi connectivity index (χ0n) is 17.3. The second kappa shape index (κ2) is 8.78. The van der Waals surface area contributed by atoms with Gasteiger partial charge in [-0.25, -0.2) is 9.97 Å². The van der Waals surface area contributed by atoms with E-state index >= 15 is 0 Å². The highest BCUT2D eigenvalue weighted by molar-refractivity contribution is 7.18. The summed E-state index contributed by atoms with van der Waals surface area (Å²) in [6, 6.07) is 18.3. The smallest absolute Gasteiger partial charge is 0.142 e. The zero-order chi connectivity index (χ0) is 21.0. The zero-order valence-corrected chi connectivity index (χ0v) is 18.1. The molecule has 4 aromatic rings.